The van der Waals surface area contributed by atoms with E-state index in [1.165, 1.54) is 19.8 Å². The molecule has 5 heteroatoms. The number of imidazole rings is 1. The van der Waals surface area contributed by atoms with Crippen molar-refractivity contribution >= 4 is 11.6 Å². The van der Waals surface area contributed by atoms with Crippen molar-refractivity contribution in [3.05, 3.63) is 42.5 Å². The number of rotatable bonds is 9. The van der Waals surface area contributed by atoms with Crippen molar-refractivity contribution < 1.29 is 9.53 Å². The van der Waals surface area contributed by atoms with Crippen LogP contribution in [0.3, 0.4) is 0 Å². The highest BCUT2D eigenvalue weighted by Crippen LogP contribution is 2.21. The van der Waals surface area contributed by atoms with Crippen molar-refractivity contribution in [2.75, 3.05) is 11.9 Å². The highest BCUT2D eigenvalue weighted by molar-refractivity contribution is 5.89. The third-order valence-corrected chi connectivity index (χ3v) is 3.65. The van der Waals surface area contributed by atoms with E-state index in [4.69, 9.17) is 4.74 Å². The van der Waals surface area contributed by atoms with E-state index in [1.807, 2.05) is 43.8 Å². The highest BCUT2D eigenvalue weighted by Gasteiger charge is 2.02. The monoisotopic (exact) mass is 315 g/mol. The molecule has 0 bridgehead atoms. The van der Waals surface area contributed by atoms with Gasteiger partial charge < -0.3 is 14.6 Å². The van der Waals surface area contributed by atoms with Crippen molar-refractivity contribution in [1.82, 2.24) is 9.55 Å². The lowest BCUT2D eigenvalue weighted by Gasteiger charge is -2.10. The molecule has 2 rings (SSSR count). The fourth-order valence-corrected chi connectivity index (χ4v) is 2.41. The number of amides is 1. The van der Waals surface area contributed by atoms with Crippen LogP contribution in [0.5, 0.6) is 5.75 Å². The van der Waals surface area contributed by atoms with E-state index in [9.17, 15) is 4.79 Å². The standard InChI is InChI=1S/C18H25N3O2/c1-15-13-17(7-8-18(15)20-16(2)22)23-12-6-4-3-5-10-21-11-9-19-14-21/h7-9,11,13-14H,3-6,10,12H2,1-2H3,(H,20,22). The van der Waals surface area contributed by atoms with Crippen LogP contribution in [-0.4, -0.2) is 22.1 Å². The number of nitrogens with zero attached hydrogens (tertiary/aromatic N) is 2. The fraction of sp³-hybridized carbons (Fsp3) is 0.444. The van der Waals surface area contributed by atoms with Crippen molar-refractivity contribution in [3.8, 4) is 5.75 Å². The van der Waals surface area contributed by atoms with E-state index in [0.717, 1.165) is 43.0 Å². The van der Waals surface area contributed by atoms with Crippen LogP contribution in [-0.2, 0) is 11.3 Å². The molecule has 0 saturated heterocycles. The molecule has 0 saturated carbocycles. The Bertz CT molecular complexity index is 609. The maximum atomic E-state index is 11.1. The number of unbranched alkanes of at least 4 members (excludes halogenated alkanes) is 3. The fourth-order valence-electron chi connectivity index (χ4n) is 2.41. The van der Waals surface area contributed by atoms with Gasteiger partial charge in [-0.1, -0.05) is 12.8 Å². The lowest BCUT2D eigenvalue weighted by atomic mass is 10.2. The van der Waals surface area contributed by atoms with E-state index in [1.54, 1.807) is 0 Å². The molecule has 1 N–H and O–H groups in total. The molecule has 0 radical (unpaired) electrons. The number of hydrogen-bond acceptors (Lipinski definition) is 3. The Hall–Kier alpha value is -2.30. The number of carbonyl (C=O) groups excluding carboxylic acids is 1. The number of ether oxygens (including phenoxy) is 1. The summed E-state index contributed by atoms with van der Waals surface area (Å²) in [5.74, 6) is 0.799. The van der Waals surface area contributed by atoms with Crippen LogP contribution in [0.1, 0.15) is 38.2 Å². The van der Waals surface area contributed by atoms with Crippen molar-refractivity contribution in [2.45, 2.75) is 46.1 Å². The molecule has 5 nitrogen and oxygen atoms in total. The zero-order valence-corrected chi connectivity index (χ0v) is 13.9. The Labute approximate surface area is 137 Å². The molecule has 1 amide bonds. The Morgan fingerprint density at radius 1 is 1.26 bits per heavy atom. The van der Waals surface area contributed by atoms with Crippen molar-refractivity contribution in [3.63, 3.8) is 0 Å². The van der Waals surface area contributed by atoms with E-state index >= 15 is 0 Å². The maximum absolute atomic E-state index is 11.1. The number of benzene rings is 1. The van der Waals surface area contributed by atoms with Crippen LogP contribution in [0.25, 0.3) is 0 Å². The van der Waals surface area contributed by atoms with Gasteiger partial charge in [-0.3, -0.25) is 4.79 Å². The summed E-state index contributed by atoms with van der Waals surface area (Å²) in [5.41, 5.74) is 1.85. The van der Waals surface area contributed by atoms with Gasteiger partial charge in [0.15, 0.2) is 0 Å². The average Bonchev–Trinajstić information content (AvgIpc) is 3.02. The Kier molecular flexibility index (Phi) is 6.66. The molecule has 124 valence electrons. The Morgan fingerprint density at radius 3 is 2.78 bits per heavy atom. The first-order chi connectivity index (χ1) is 11.1. The van der Waals surface area contributed by atoms with E-state index in [2.05, 4.69) is 14.9 Å². The molecule has 2 aromatic rings. The van der Waals surface area contributed by atoms with Gasteiger partial charge in [0, 0.05) is 31.5 Å². The molecule has 0 atom stereocenters. The minimum Gasteiger partial charge on any atom is -0.494 e. The predicted octanol–water partition coefficient (Wildman–Crippen LogP) is 3.79. The van der Waals surface area contributed by atoms with Gasteiger partial charge in [0.25, 0.3) is 0 Å². The van der Waals surface area contributed by atoms with Gasteiger partial charge in [-0.25, -0.2) is 4.98 Å². The second-order valence-corrected chi connectivity index (χ2v) is 5.72. The second kappa shape index (κ2) is 8.98. The summed E-state index contributed by atoms with van der Waals surface area (Å²) in [6, 6.07) is 5.75. The van der Waals surface area contributed by atoms with E-state index < -0.39 is 0 Å². The second-order valence-electron chi connectivity index (χ2n) is 5.72. The summed E-state index contributed by atoms with van der Waals surface area (Å²) in [6.07, 6.45) is 10.2. The number of anilines is 1. The third-order valence-electron chi connectivity index (χ3n) is 3.65. The maximum Gasteiger partial charge on any atom is 0.221 e. The largest absolute Gasteiger partial charge is 0.494 e. The average molecular weight is 315 g/mol. The number of aromatic nitrogens is 2. The van der Waals surface area contributed by atoms with Crippen LogP contribution in [0.2, 0.25) is 0 Å². The molecule has 1 heterocycles. The molecule has 0 aliphatic rings. The van der Waals surface area contributed by atoms with Crippen LogP contribution < -0.4 is 10.1 Å². The Balaban J connectivity index is 1.60. The van der Waals surface area contributed by atoms with Crippen LogP contribution in [0.4, 0.5) is 5.69 Å². The van der Waals surface area contributed by atoms with Gasteiger partial charge in [0.1, 0.15) is 5.75 Å². The molecule has 23 heavy (non-hydrogen) atoms. The quantitative estimate of drug-likeness (QED) is 0.716. The number of carbonyl (C=O) groups is 1. The number of hydrogen-bond donors (Lipinski definition) is 1. The molecular weight excluding hydrogens is 290 g/mol. The molecule has 0 spiro atoms. The summed E-state index contributed by atoms with van der Waals surface area (Å²) in [6.45, 7) is 5.24. The zero-order valence-electron chi connectivity index (χ0n) is 13.9. The summed E-state index contributed by atoms with van der Waals surface area (Å²) in [7, 11) is 0. The van der Waals surface area contributed by atoms with E-state index in [-0.39, 0.29) is 5.91 Å². The topological polar surface area (TPSA) is 56.1 Å². The molecule has 0 unspecified atom stereocenters. The number of nitrogens with one attached hydrogen (secondary N) is 1. The summed E-state index contributed by atoms with van der Waals surface area (Å²) >= 11 is 0. The summed E-state index contributed by atoms with van der Waals surface area (Å²) in [4.78, 5) is 15.1. The van der Waals surface area contributed by atoms with Gasteiger partial charge in [-0.2, -0.15) is 0 Å². The SMILES string of the molecule is CC(=O)Nc1ccc(OCCCCCCn2ccnc2)cc1C. The molecule has 0 aliphatic carbocycles. The summed E-state index contributed by atoms with van der Waals surface area (Å²) in [5, 5.41) is 2.80. The smallest absolute Gasteiger partial charge is 0.221 e. The van der Waals surface area contributed by atoms with Gasteiger partial charge in [0.2, 0.25) is 5.91 Å². The minimum absolute atomic E-state index is 0.0579. The first kappa shape index (κ1) is 17.1. The van der Waals surface area contributed by atoms with Gasteiger partial charge >= 0.3 is 0 Å². The van der Waals surface area contributed by atoms with Crippen molar-refractivity contribution in [2.24, 2.45) is 0 Å². The van der Waals surface area contributed by atoms with E-state index in [0.29, 0.717) is 0 Å². The van der Waals surface area contributed by atoms with Gasteiger partial charge in [0.05, 0.1) is 12.9 Å². The van der Waals surface area contributed by atoms with Crippen LogP contribution in [0, 0.1) is 6.92 Å². The Morgan fingerprint density at radius 2 is 2.09 bits per heavy atom. The first-order valence-corrected chi connectivity index (χ1v) is 8.12. The molecular formula is C18H25N3O2. The number of aryl methyl sites for hydroxylation is 2. The first-order valence-electron chi connectivity index (χ1n) is 8.12. The van der Waals surface area contributed by atoms with Crippen LogP contribution >= 0.6 is 0 Å². The molecule has 1 aromatic carbocycles. The zero-order chi connectivity index (χ0) is 16.5. The molecule has 0 fully saturated rings. The third kappa shape index (κ3) is 6.14. The highest BCUT2D eigenvalue weighted by atomic mass is 16.5. The van der Waals surface area contributed by atoms with Crippen LogP contribution in [0.15, 0.2) is 36.9 Å². The lowest BCUT2D eigenvalue weighted by molar-refractivity contribution is -0.114. The minimum atomic E-state index is -0.0579. The predicted molar refractivity (Wildman–Crippen MR) is 91.7 cm³/mol. The van der Waals surface area contributed by atoms with Gasteiger partial charge in [-0.15, -0.1) is 0 Å². The molecule has 0 aliphatic heterocycles. The summed E-state index contributed by atoms with van der Waals surface area (Å²) < 4.78 is 7.88. The lowest BCUT2D eigenvalue weighted by Crippen LogP contribution is -2.07. The van der Waals surface area contributed by atoms with Crippen molar-refractivity contribution in [1.29, 1.82) is 0 Å². The van der Waals surface area contributed by atoms with Gasteiger partial charge in [-0.05, 0) is 43.5 Å². The molecule has 1 aromatic heterocycles. The normalized spacial score (nSPS) is 10.5.